The van der Waals surface area contributed by atoms with E-state index in [0.29, 0.717) is 12.7 Å². The molecule has 0 atom stereocenters. The predicted octanol–water partition coefficient (Wildman–Crippen LogP) is 8.49. The van der Waals surface area contributed by atoms with Crippen molar-refractivity contribution >= 4 is 11.8 Å². The lowest BCUT2D eigenvalue weighted by atomic mass is 9.83. The van der Waals surface area contributed by atoms with Gasteiger partial charge in [0.25, 0.3) is 0 Å². The van der Waals surface area contributed by atoms with Gasteiger partial charge in [0.05, 0.1) is 24.8 Å². The van der Waals surface area contributed by atoms with E-state index in [2.05, 4.69) is 66.2 Å². The summed E-state index contributed by atoms with van der Waals surface area (Å²) in [5.74, 6) is 0.856. The molecule has 3 N–H and O–H groups in total. The van der Waals surface area contributed by atoms with Crippen molar-refractivity contribution in [3.63, 3.8) is 0 Å². The minimum atomic E-state index is -0.507. The van der Waals surface area contributed by atoms with Gasteiger partial charge in [0.1, 0.15) is 6.67 Å². The van der Waals surface area contributed by atoms with Crippen LogP contribution in [0.1, 0.15) is 79.0 Å². The Hall–Kier alpha value is -2.99. The van der Waals surface area contributed by atoms with Gasteiger partial charge >= 0.3 is 0 Å². The average molecular weight is 551 g/mol. The smallest absolute Gasteiger partial charge is 0.117 e. The van der Waals surface area contributed by atoms with Gasteiger partial charge in [0.15, 0.2) is 0 Å². The second-order valence-corrected chi connectivity index (χ2v) is 11.1. The largest absolute Gasteiger partial charge is 0.383 e. The molecule has 0 unspecified atom stereocenters. The molecule has 0 spiro atoms. The number of likely N-dealkylation sites (N-methyl/N-ethyl adjacent to an activating group) is 1. The summed E-state index contributed by atoms with van der Waals surface area (Å²) in [7, 11) is 2.47. The number of nitrogens with one attached hydrogen (secondary N) is 3. The molecule has 218 valence electrons. The molecule has 0 bridgehead atoms. The Morgan fingerprint density at radius 2 is 1.93 bits per heavy atom. The summed E-state index contributed by atoms with van der Waals surface area (Å²) in [5, 5.41) is 6.84. The third-order valence-electron chi connectivity index (χ3n) is 8.66. The highest BCUT2D eigenvalue weighted by molar-refractivity contribution is 5.81. The van der Waals surface area contributed by atoms with Gasteiger partial charge in [-0.2, -0.15) is 0 Å². The van der Waals surface area contributed by atoms with Crippen molar-refractivity contribution < 1.29 is 8.78 Å². The van der Waals surface area contributed by atoms with Gasteiger partial charge in [-0.05, 0) is 75.3 Å². The first kappa shape index (κ1) is 31.5. The Labute approximate surface area is 240 Å². The summed E-state index contributed by atoms with van der Waals surface area (Å²) >= 11 is 0. The molecule has 2 aliphatic carbocycles. The Morgan fingerprint density at radius 1 is 1.18 bits per heavy atom. The first-order chi connectivity index (χ1) is 19.5. The van der Waals surface area contributed by atoms with Gasteiger partial charge in [-0.15, -0.1) is 0 Å². The zero-order valence-corrected chi connectivity index (χ0v) is 25.1. The fraction of sp³-hybridized carbons (Fsp3) is 0.500. The Balaban J connectivity index is 0.000000309. The van der Waals surface area contributed by atoms with Crippen molar-refractivity contribution in [1.29, 1.82) is 0 Å². The number of rotatable bonds is 11. The van der Waals surface area contributed by atoms with E-state index in [1.165, 1.54) is 42.4 Å². The van der Waals surface area contributed by atoms with Crippen molar-refractivity contribution in [3.8, 4) is 11.3 Å². The zero-order chi connectivity index (χ0) is 29.1. The minimum absolute atomic E-state index is 0.0747. The highest BCUT2D eigenvalue weighted by Gasteiger charge is 2.46. The highest BCUT2D eigenvalue weighted by Crippen LogP contribution is 2.51. The van der Waals surface area contributed by atoms with Crippen LogP contribution in [0.25, 0.3) is 17.3 Å². The monoisotopic (exact) mass is 550 g/mol. The Morgan fingerprint density at radius 3 is 2.48 bits per heavy atom. The highest BCUT2D eigenvalue weighted by atomic mass is 19.1. The fourth-order valence-corrected chi connectivity index (χ4v) is 5.71. The molecule has 1 aromatic carbocycles. The summed E-state index contributed by atoms with van der Waals surface area (Å²) < 4.78 is 23.7. The number of aromatic amines is 1. The number of H-pyrrole nitrogens is 1. The number of pyridine rings is 1. The summed E-state index contributed by atoms with van der Waals surface area (Å²) in [4.78, 5) is 7.90. The molecule has 2 saturated carbocycles. The molecular formula is C34H48F2N4. The molecule has 0 amide bonds. The SMILES string of the molecule is C=Cc1c(C2(CNC)CC2)[nH]c(-c2ccncc2NCCC2CCC2)c1CF.CCc1cccc(C)c1C.CF. The molecule has 5 rings (SSSR count). The number of aryl methyl sites for hydroxylation is 2. The minimum Gasteiger partial charge on any atom is -0.383 e. The van der Waals surface area contributed by atoms with E-state index in [9.17, 15) is 8.78 Å². The van der Waals surface area contributed by atoms with Crippen LogP contribution < -0.4 is 10.6 Å². The molecule has 2 heterocycles. The van der Waals surface area contributed by atoms with Crippen LogP contribution in [-0.4, -0.2) is 37.3 Å². The Bertz CT molecular complexity index is 1220. The standard InChI is InChI=1S/C23H31FN4.C10H14.CH3F/c1-3-17-19(13-24)21(28-22(17)23(9-10-23)15-25-2)18-8-11-26-14-20(18)27-12-7-16-5-4-6-16;1-4-10-7-5-6-8(2)9(10)3;1-2/h3,8,11,14,16,25,27-28H,1,4-7,9-10,12-13,15H2,2H3;5-7H,4H2,1-3H3;1H3. The Kier molecular flexibility index (Phi) is 11.9. The lowest BCUT2D eigenvalue weighted by Gasteiger charge is -2.25. The van der Waals surface area contributed by atoms with Crippen LogP contribution in [0.5, 0.6) is 0 Å². The van der Waals surface area contributed by atoms with Crippen LogP contribution in [0.3, 0.4) is 0 Å². The van der Waals surface area contributed by atoms with E-state index >= 15 is 0 Å². The van der Waals surface area contributed by atoms with E-state index in [4.69, 9.17) is 0 Å². The summed E-state index contributed by atoms with van der Waals surface area (Å²) in [6.07, 6.45) is 14.1. The molecule has 6 heteroatoms. The first-order valence-electron chi connectivity index (χ1n) is 14.7. The zero-order valence-electron chi connectivity index (χ0n) is 25.1. The molecule has 2 aliphatic rings. The summed E-state index contributed by atoms with van der Waals surface area (Å²) in [6.45, 7) is 11.8. The van der Waals surface area contributed by atoms with Gasteiger partial charge in [-0.25, -0.2) is 4.39 Å². The van der Waals surface area contributed by atoms with Crippen LogP contribution in [0.15, 0.2) is 43.2 Å². The summed E-state index contributed by atoms with van der Waals surface area (Å²) in [6, 6.07) is 8.46. The van der Waals surface area contributed by atoms with E-state index in [1.54, 1.807) is 6.20 Å². The number of hydrogen-bond donors (Lipinski definition) is 3. The van der Waals surface area contributed by atoms with Crippen LogP contribution in [0.4, 0.5) is 14.5 Å². The molecule has 4 nitrogen and oxygen atoms in total. The number of alkyl halides is 2. The molecule has 2 aromatic heterocycles. The van der Waals surface area contributed by atoms with E-state index < -0.39 is 6.67 Å². The maximum absolute atomic E-state index is 14.2. The second kappa shape index (κ2) is 15.1. The average Bonchev–Trinajstić information content (AvgIpc) is 3.64. The maximum atomic E-state index is 14.2. The van der Waals surface area contributed by atoms with Gasteiger partial charge < -0.3 is 15.6 Å². The van der Waals surface area contributed by atoms with Gasteiger partial charge in [-0.1, -0.05) is 57.0 Å². The number of nitrogens with zero attached hydrogens (tertiary/aromatic N) is 1. The van der Waals surface area contributed by atoms with Crippen LogP contribution in [0.2, 0.25) is 0 Å². The number of benzene rings is 1. The van der Waals surface area contributed by atoms with Crippen LogP contribution in [0, 0.1) is 19.8 Å². The molecule has 0 saturated heterocycles. The lowest BCUT2D eigenvalue weighted by molar-refractivity contribution is 0.303. The van der Waals surface area contributed by atoms with Crippen molar-refractivity contribution in [3.05, 3.63) is 76.7 Å². The third-order valence-corrected chi connectivity index (χ3v) is 8.66. The fourth-order valence-electron chi connectivity index (χ4n) is 5.71. The number of anilines is 1. The van der Waals surface area contributed by atoms with Gasteiger partial charge in [0, 0.05) is 47.1 Å². The van der Waals surface area contributed by atoms with E-state index in [0.717, 1.165) is 66.5 Å². The summed E-state index contributed by atoms with van der Waals surface area (Å²) in [5.41, 5.74) is 9.99. The van der Waals surface area contributed by atoms with Gasteiger partial charge in [0.2, 0.25) is 0 Å². The van der Waals surface area contributed by atoms with E-state index in [-0.39, 0.29) is 5.41 Å². The van der Waals surface area contributed by atoms with Crippen LogP contribution >= 0.6 is 0 Å². The molecule has 40 heavy (non-hydrogen) atoms. The number of halogens is 2. The molecule has 0 radical (unpaired) electrons. The van der Waals surface area contributed by atoms with Gasteiger partial charge in [-0.3, -0.25) is 9.37 Å². The molecular weight excluding hydrogens is 502 g/mol. The van der Waals surface area contributed by atoms with E-state index in [1.807, 2.05) is 25.4 Å². The normalized spacial score (nSPS) is 15.2. The number of hydrogen-bond acceptors (Lipinski definition) is 3. The topological polar surface area (TPSA) is 52.7 Å². The molecule has 3 aromatic rings. The second-order valence-electron chi connectivity index (χ2n) is 11.1. The van der Waals surface area contributed by atoms with Crippen molar-refractivity contribution in [2.24, 2.45) is 5.92 Å². The van der Waals surface area contributed by atoms with Crippen molar-refractivity contribution in [2.75, 3.05) is 32.6 Å². The number of aromatic nitrogens is 2. The predicted molar refractivity (Wildman–Crippen MR) is 167 cm³/mol. The maximum Gasteiger partial charge on any atom is 0.117 e. The van der Waals surface area contributed by atoms with Crippen LogP contribution in [-0.2, 0) is 18.5 Å². The van der Waals surface area contributed by atoms with Crippen molar-refractivity contribution in [2.45, 2.75) is 77.8 Å². The quantitative estimate of drug-likeness (QED) is 0.224. The third kappa shape index (κ3) is 7.20. The molecule has 0 aliphatic heterocycles. The first-order valence-corrected chi connectivity index (χ1v) is 14.7. The van der Waals surface area contributed by atoms with Crippen molar-refractivity contribution in [1.82, 2.24) is 15.3 Å². The lowest BCUT2D eigenvalue weighted by Crippen LogP contribution is -2.24. The molecule has 2 fully saturated rings.